The van der Waals surface area contributed by atoms with E-state index in [0.717, 1.165) is 0 Å². The molecule has 0 fully saturated rings. The molecule has 2 N–H and O–H groups in total. The van der Waals surface area contributed by atoms with Crippen molar-refractivity contribution in [2.45, 2.75) is 0 Å². The minimum Gasteiger partial charge on any atom is -0.320 e. The van der Waals surface area contributed by atoms with Gasteiger partial charge in [0, 0.05) is 0 Å². The second-order valence-corrected chi connectivity index (χ2v) is 4.50. The van der Waals surface area contributed by atoms with E-state index in [4.69, 9.17) is 9.79 Å². The number of rotatable bonds is 2. The molecule has 0 aliphatic carbocycles. The van der Waals surface area contributed by atoms with E-state index in [9.17, 15) is 4.57 Å². The molecule has 1 aliphatic heterocycles. The molecule has 0 aromatic heterocycles. The van der Waals surface area contributed by atoms with E-state index in [0.29, 0.717) is 0 Å². The maximum Gasteiger partial charge on any atom is 0.460 e. The van der Waals surface area contributed by atoms with Crippen molar-refractivity contribution in [1.29, 1.82) is 0 Å². The van der Waals surface area contributed by atoms with Gasteiger partial charge >= 0.3 is 7.82 Å². The molecule has 4 nitrogen and oxygen atoms in total. The van der Waals surface area contributed by atoms with E-state index < -0.39 is 16.9 Å². The summed E-state index contributed by atoms with van der Waals surface area (Å²) >= 11 is 0. The summed E-state index contributed by atoms with van der Waals surface area (Å²) in [5, 5.41) is 0. The van der Waals surface area contributed by atoms with Gasteiger partial charge in [0.15, 0.2) is 0 Å². The van der Waals surface area contributed by atoms with E-state index in [2.05, 4.69) is 4.21 Å². The fourth-order valence-electron chi connectivity index (χ4n) is 0.232. The molecular weight excluding hydrogens is 147 g/mol. The van der Waals surface area contributed by atoms with Crippen LogP contribution in [-0.4, -0.2) is 18.8 Å². The number of hydrogen-bond acceptors (Lipinski definition) is 2. The van der Waals surface area contributed by atoms with Gasteiger partial charge in [0.1, 0.15) is 0 Å². The largest absolute Gasteiger partial charge is 0.460 e. The highest BCUT2D eigenvalue weighted by Gasteiger charge is 2.26. The Labute approximate surface area is 47.8 Å². The van der Waals surface area contributed by atoms with Gasteiger partial charge in [-0.3, -0.25) is 0 Å². The third kappa shape index (κ3) is 2.39. The van der Waals surface area contributed by atoms with Crippen LogP contribution in [0, 0.1) is 0 Å². The second-order valence-electron chi connectivity index (χ2n) is 1.32. The predicted molar refractivity (Wildman–Crippen MR) is 28.0 cm³/mol. The van der Waals surface area contributed by atoms with Gasteiger partial charge in [-0.2, -0.15) is 0 Å². The topological polar surface area (TPSA) is 66.8 Å². The van der Waals surface area contributed by atoms with E-state index in [-0.39, 0.29) is 0 Å². The first-order valence-corrected chi connectivity index (χ1v) is 4.97. The molecule has 1 heterocycles. The van der Waals surface area contributed by atoms with Gasteiger partial charge in [-0.05, 0) is 0 Å². The van der Waals surface area contributed by atoms with Crippen molar-refractivity contribution in [2.75, 3.05) is 0 Å². The quantitative estimate of drug-likeness (QED) is 0.421. The Morgan fingerprint density at radius 2 is 2.00 bits per heavy atom. The Bertz CT molecular complexity index is 153. The molecule has 45 valence electrons. The summed E-state index contributed by atoms with van der Waals surface area (Å²) in [7, 11) is -5.43. The molecule has 0 aromatic rings. The molecule has 8 heavy (non-hydrogen) atoms. The third-order valence-electron chi connectivity index (χ3n) is 0.527. The summed E-state index contributed by atoms with van der Waals surface area (Å²) in [6.07, 6.45) is 0. The van der Waals surface area contributed by atoms with E-state index >= 15 is 0 Å². The molecule has 0 bridgehead atoms. The highest BCUT2D eigenvalue weighted by Crippen LogP contribution is 2.38. The smallest absolute Gasteiger partial charge is 0.320 e. The van der Waals surface area contributed by atoms with Crippen molar-refractivity contribution < 1.29 is 18.6 Å². The third-order valence-corrected chi connectivity index (χ3v) is 2.93. The van der Waals surface area contributed by atoms with Crippen LogP contribution in [0.5, 0.6) is 0 Å². The molecule has 0 spiro atoms. The van der Waals surface area contributed by atoms with Crippen LogP contribution in [0.3, 0.4) is 0 Å². The van der Waals surface area contributed by atoms with Gasteiger partial charge in [-0.25, -0.2) is 4.57 Å². The molecule has 1 rings (SSSR count). The monoisotopic (exact) mass is 151 g/mol. The van der Waals surface area contributed by atoms with Crippen molar-refractivity contribution >= 4 is 16.9 Å². The maximum atomic E-state index is 9.94. The molecule has 0 aromatic carbocycles. The summed E-state index contributed by atoms with van der Waals surface area (Å²) in [6.45, 7) is 0. The molecular formula is C2H4O4PSi. The van der Waals surface area contributed by atoms with Crippen LogP contribution in [0.15, 0.2) is 11.4 Å². The van der Waals surface area contributed by atoms with Crippen LogP contribution in [0.25, 0.3) is 0 Å². The lowest BCUT2D eigenvalue weighted by molar-refractivity contribution is 0.288. The van der Waals surface area contributed by atoms with Gasteiger partial charge in [0.2, 0.25) is 0 Å². The average molecular weight is 151 g/mol. The first-order valence-electron chi connectivity index (χ1n) is 1.88. The predicted octanol–water partition coefficient (Wildman–Crippen LogP) is -0.265. The zero-order valence-electron chi connectivity index (χ0n) is 3.81. The molecule has 0 atom stereocenters. The fourth-order valence-corrected chi connectivity index (χ4v) is 2.09. The highest BCUT2D eigenvalue weighted by atomic mass is 31.2. The second kappa shape index (κ2) is 1.79. The number of phosphoric acid groups is 1. The lowest BCUT2D eigenvalue weighted by atomic mass is 11.3. The molecule has 0 saturated heterocycles. The number of hydrogen-bond donors (Lipinski definition) is 2. The molecule has 0 saturated carbocycles. The summed E-state index contributed by atoms with van der Waals surface area (Å²) in [4.78, 5) is 16.2. The van der Waals surface area contributed by atoms with E-state index in [1.54, 1.807) is 11.4 Å². The highest BCUT2D eigenvalue weighted by molar-refractivity contribution is 7.48. The average Bonchev–Trinajstić information content (AvgIpc) is 2.12. The lowest BCUT2D eigenvalue weighted by Crippen LogP contribution is -1.96. The van der Waals surface area contributed by atoms with E-state index in [1.807, 2.05) is 0 Å². The SMILES string of the molecule is O=P(O)(O)O[Si]1C=C1. The molecule has 1 radical (unpaired) electrons. The summed E-state index contributed by atoms with van der Waals surface area (Å²) in [5.41, 5.74) is 3.31. The van der Waals surface area contributed by atoms with Crippen LogP contribution < -0.4 is 0 Å². The Morgan fingerprint density at radius 1 is 1.50 bits per heavy atom. The summed E-state index contributed by atoms with van der Waals surface area (Å²) < 4.78 is 14.1. The van der Waals surface area contributed by atoms with Crippen LogP contribution in [-0.2, 0) is 8.78 Å². The summed E-state index contributed by atoms with van der Waals surface area (Å²) in [6, 6.07) is 0. The zero-order chi connectivity index (χ0) is 6.20. The van der Waals surface area contributed by atoms with Crippen molar-refractivity contribution in [3.8, 4) is 0 Å². The Hall–Kier alpha value is 0.0669. The molecule has 0 unspecified atom stereocenters. The van der Waals surface area contributed by atoms with Crippen molar-refractivity contribution in [3.63, 3.8) is 0 Å². The minimum atomic E-state index is -4.18. The van der Waals surface area contributed by atoms with Crippen LogP contribution in [0.1, 0.15) is 0 Å². The van der Waals surface area contributed by atoms with Gasteiger partial charge in [-0.15, -0.1) is 0 Å². The minimum absolute atomic E-state index is 1.26. The molecule has 0 amide bonds. The Morgan fingerprint density at radius 3 is 2.12 bits per heavy atom. The Kier molecular flexibility index (Phi) is 1.38. The van der Waals surface area contributed by atoms with Gasteiger partial charge < -0.3 is 14.0 Å². The van der Waals surface area contributed by atoms with Crippen LogP contribution in [0.2, 0.25) is 0 Å². The lowest BCUT2D eigenvalue weighted by Gasteiger charge is -1.99. The van der Waals surface area contributed by atoms with Gasteiger partial charge in [0.25, 0.3) is 9.04 Å². The zero-order valence-corrected chi connectivity index (χ0v) is 5.71. The van der Waals surface area contributed by atoms with Crippen molar-refractivity contribution in [3.05, 3.63) is 11.4 Å². The first-order chi connectivity index (χ1) is 3.58. The standard InChI is InChI=1S/C2H4O4PSi/c3-7(4,5)6-8-1-2-8/h1-2H,(H2,3,4,5). The van der Waals surface area contributed by atoms with E-state index in [1.165, 1.54) is 0 Å². The summed E-state index contributed by atoms with van der Waals surface area (Å²) in [5.74, 6) is 0. The maximum absolute atomic E-state index is 9.94. The molecule has 1 aliphatic rings. The van der Waals surface area contributed by atoms with Crippen LogP contribution >= 0.6 is 7.82 Å². The fraction of sp³-hybridized carbons (Fsp3) is 0. The molecule has 6 heteroatoms. The van der Waals surface area contributed by atoms with Crippen LogP contribution in [0.4, 0.5) is 0 Å². The van der Waals surface area contributed by atoms with Crippen molar-refractivity contribution in [2.24, 2.45) is 0 Å². The van der Waals surface area contributed by atoms with Gasteiger partial charge in [0.05, 0.1) is 0 Å². The Balaban J connectivity index is 2.28. The van der Waals surface area contributed by atoms with Crippen molar-refractivity contribution in [1.82, 2.24) is 0 Å². The normalized spacial score (nSPS) is 19.2. The van der Waals surface area contributed by atoms with Gasteiger partial charge in [-0.1, -0.05) is 11.4 Å². The first kappa shape index (κ1) is 6.19.